The molecule has 1 aromatic rings. The van der Waals surface area contributed by atoms with E-state index in [1.807, 2.05) is 23.9 Å². The molecule has 1 aliphatic carbocycles. The summed E-state index contributed by atoms with van der Waals surface area (Å²) < 4.78 is 0. The second kappa shape index (κ2) is 8.08. The quantitative estimate of drug-likeness (QED) is 0.570. The molecular weight excluding hydrogens is 296 g/mol. The van der Waals surface area contributed by atoms with Crippen molar-refractivity contribution in [1.29, 1.82) is 0 Å². The lowest BCUT2D eigenvalue weighted by Crippen LogP contribution is -2.42. The Kier molecular flexibility index (Phi) is 6.12. The van der Waals surface area contributed by atoms with Crippen molar-refractivity contribution >= 4 is 23.6 Å². The number of carbonyl (C=O) groups is 1. The van der Waals surface area contributed by atoms with Crippen LogP contribution in [0.15, 0.2) is 29.3 Å². The van der Waals surface area contributed by atoms with Crippen LogP contribution in [0.1, 0.15) is 35.2 Å². The minimum absolute atomic E-state index is 0.401. The number of benzene rings is 1. The van der Waals surface area contributed by atoms with Gasteiger partial charge in [-0.2, -0.15) is 11.8 Å². The summed E-state index contributed by atoms with van der Waals surface area (Å²) in [6.07, 6.45) is 5.83. The van der Waals surface area contributed by atoms with Crippen molar-refractivity contribution in [3.8, 4) is 0 Å². The molecule has 4 N–H and O–H groups in total. The highest BCUT2D eigenvalue weighted by Gasteiger charge is 2.24. The van der Waals surface area contributed by atoms with Crippen LogP contribution in [0.2, 0.25) is 0 Å². The van der Waals surface area contributed by atoms with Gasteiger partial charge in [-0.25, -0.2) is 0 Å². The van der Waals surface area contributed by atoms with Gasteiger partial charge in [0.2, 0.25) is 5.91 Å². The standard InChI is InChI=1S/C16H24N4OS/c1-18-16(20-13-7-8-14(9-13)22-2)19-10-11-3-5-12(6-4-11)15(17)21/h3-6,13-14H,7-10H2,1-2H3,(H2,17,21)(H2,18,19,20). The lowest BCUT2D eigenvalue weighted by Gasteiger charge is -2.17. The third-order valence-electron chi connectivity index (χ3n) is 3.98. The van der Waals surface area contributed by atoms with Gasteiger partial charge in [-0.1, -0.05) is 12.1 Å². The Hall–Kier alpha value is -1.69. The molecule has 0 heterocycles. The Morgan fingerprint density at radius 2 is 2.09 bits per heavy atom. The van der Waals surface area contributed by atoms with Crippen molar-refractivity contribution in [3.63, 3.8) is 0 Å². The first-order valence-electron chi connectivity index (χ1n) is 7.51. The molecule has 0 radical (unpaired) electrons. The molecule has 0 bridgehead atoms. The molecule has 0 aliphatic heterocycles. The zero-order valence-electron chi connectivity index (χ0n) is 13.1. The predicted molar refractivity (Wildman–Crippen MR) is 93.2 cm³/mol. The molecule has 2 rings (SSSR count). The highest BCUT2D eigenvalue weighted by atomic mass is 32.2. The molecule has 0 aromatic heterocycles. The minimum atomic E-state index is -0.401. The Bertz CT molecular complexity index is 529. The van der Waals surface area contributed by atoms with Crippen molar-refractivity contribution in [3.05, 3.63) is 35.4 Å². The largest absolute Gasteiger partial charge is 0.366 e. The van der Waals surface area contributed by atoms with E-state index in [-0.39, 0.29) is 0 Å². The lowest BCUT2D eigenvalue weighted by atomic mass is 10.1. The number of thioether (sulfide) groups is 1. The molecule has 0 spiro atoms. The molecule has 1 saturated carbocycles. The smallest absolute Gasteiger partial charge is 0.248 e. The van der Waals surface area contributed by atoms with Gasteiger partial charge in [-0.05, 0) is 43.2 Å². The first-order valence-corrected chi connectivity index (χ1v) is 8.80. The SMILES string of the molecule is CN=C(NCc1ccc(C(N)=O)cc1)NC1CCC(SC)C1. The lowest BCUT2D eigenvalue weighted by molar-refractivity contribution is 0.100. The summed E-state index contributed by atoms with van der Waals surface area (Å²) in [5, 5.41) is 7.55. The van der Waals surface area contributed by atoms with Crippen molar-refractivity contribution < 1.29 is 4.79 Å². The number of nitrogens with zero attached hydrogens (tertiary/aromatic N) is 1. The summed E-state index contributed by atoms with van der Waals surface area (Å²) in [7, 11) is 1.78. The molecular formula is C16H24N4OS. The predicted octanol–water partition coefficient (Wildman–Crippen LogP) is 1.73. The molecule has 1 fully saturated rings. The average molecular weight is 320 g/mol. The maximum absolute atomic E-state index is 11.0. The highest BCUT2D eigenvalue weighted by Crippen LogP contribution is 2.27. The Morgan fingerprint density at radius 1 is 1.36 bits per heavy atom. The van der Waals surface area contributed by atoms with E-state index in [1.54, 1.807) is 19.2 Å². The Morgan fingerprint density at radius 3 is 2.64 bits per heavy atom. The van der Waals surface area contributed by atoms with Crippen LogP contribution in [-0.4, -0.2) is 36.5 Å². The van der Waals surface area contributed by atoms with E-state index in [9.17, 15) is 4.79 Å². The van der Waals surface area contributed by atoms with E-state index in [4.69, 9.17) is 5.73 Å². The Labute approximate surface area is 136 Å². The second-order valence-corrected chi connectivity index (χ2v) is 6.64. The maximum Gasteiger partial charge on any atom is 0.248 e. The highest BCUT2D eigenvalue weighted by molar-refractivity contribution is 7.99. The Balaban J connectivity index is 1.82. The van der Waals surface area contributed by atoms with Gasteiger partial charge in [0.05, 0.1) is 0 Å². The average Bonchev–Trinajstić information content (AvgIpc) is 2.99. The molecule has 1 aromatic carbocycles. The summed E-state index contributed by atoms with van der Waals surface area (Å²) >= 11 is 1.95. The molecule has 6 heteroatoms. The topological polar surface area (TPSA) is 79.5 Å². The zero-order valence-corrected chi connectivity index (χ0v) is 14.0. The van der Waals surface area contributed by atoms with Gasteiger partial charge in [-0.15, -0.1) is 0 Å². The van der Waals surface area contributed by atoms with Crippen LogP contribution in [-0.2, 0) is 6.54 Å². The van der Waals surface area contributed by atoms with Crippen molar-refractivity contribution in [2.24, 2.45) is 10.7 Å². The fraction of sp³-hybridized carbons (Fsp3) is 0.500. The molecule has 120 valence electrons. The molecule has 1 amide bonds. The van der Waals surface area contributed by atoms with Gasteiger partial charge in [0.15, 0.2) is 5.96 Å². The first kappa shape index (κ1) is 16.7. The van der Waals surface area contributed by atoms with E-state index in [2.05, 4.69) is 21.9 Å². The van der Waals surface area contributed by atoms with Crippen LogP contribution in [0.25, 0.3) is 0 Å². The summed E-state index contributed by atoms with van der Waals surface area (Å²) in [5.41, 5.74) is 6.85. The number of nitrogens with two attached hydrogens (primary N) is 1. The van der Waals surface area contributed by atoms with Crippen LogP contribution >= 0.6 is 11.8 Å². The maximum atomic E-state index is 11.0. The minimum Gasteiger partial charge on any atom is -0.366 e. The molecule has 5 nitrogen and oxygen atoms in total. The summed E-state index contributed by atoms with van der Waals surface area (Å²) in [5.74, 6) is 0.423. The third-order valence-corrected chi connectivity index (χ3v) is 5.08. The van der Waals surface area contributed by atoms with E-state index in [0.29, 0.717) is 18.2 Å². The van der Waals surface area contributed by atoms with Crippen LogP contribution in [0.4, 0.5) is 0 Å². The van der Waals surface area contributed by atoms with Crippen LogP contribution in [0, 0.1) is 0 Å². The molecule has 2 atom stereocenters. The number of primary amides is 1. The van der Waals surface area contributed by atoms with Crippen molar-refractivity contribution in [1.82, 2.24) is 10.6 Å². The van der Waals surface area contributed by atoms with Crippen LogP contribution < -0.4 is 16.4 Å². The molecule has 0 saturated heterocycles. The van der Waals surface area contributed by atoms with E-state index in [1.165, 1.54) is 19.3 Å². The van der Waals surface area contributed by atoms with Crippen molar-refractivity contribution in [2.75, 3.05) is 13.3 Å². The number of rotatable bonds is 5. The van der Waals surface area contributed by atoms with E-state index in [0.717, 1.165) is 16.8 Å². The number of hydrogen-bond acceptors (Lipinski definition) is 3. The molecule has 1 aliphatic rings. The zero-order chi connectivity index (χ0) is 15.9. The summed E-state index contributed by atoms with van der Waals surface area (Å²) in [6, 6.07) is 7.80. The number of nitrogens with one attached hydrogen (secondary N) is 2. The number of carbonyl (C=O) groups excluding carboxylic acids is 1. The number of aliphatic imine (C=N–C) groups is 1. The van der Waals surface area contributed by atoms with Gasteiger partial charge in [0.25, 0.3) is 0 Å². The number of hydrogen-bond donors (Lipinski definition) is 3. The van der Waals surface area contributed by atoms with E-state index >= 15 is 0 Å². The van der Waals surface area contributed by atoms with Gasteiger partial charge in [0.1, 0.15) is 0 Å². The van der Waals surface area contributed by atoms with Gasteiger partial charge >= 0.3 is 0 Å². The van der Waals surface area contributed by atoms with Gasteiger partial charge in [0, 0.05) is 30.4 Å². The van der Waals surface area contributed by atoms with Crippen LogP contribution in [0.5, 0.6) is 0 Å². The van der Waals surface area contributed by atoms with Crippen LogP contribution in [0.3, 0.4) is 0 Å². The monoisotopic (exact) mass is 320 g/mol. The third kappa shape index (κ3) is 4.66. The molecule has 2 unspecified atom stereocenters. The van der Waals surface area contributed by atoms with Gasteiger partial charge < -0.3 is 16.4 Å². The first-order chi connectivity index (χ1) is 10.6. The number of guanidine groups is 1. The normalized spacial score (nSPS) is 21.6. The summed E-state index contributed by atoms with van der Waals surface area (Å²) in [4.78, 5) is 15.3. The summed E-state index contributed by atoms with van der Waals surface area (Å²) in [6.45, 7) is 0.664. The van der Waals surface area contributed by atoms with Gasteiger partial charge in [-0.3, -0.25) is 9.79 Å². The second-order valence-electron chi connectivity index (χ2n) is 5.50. The number of amides is 1. The van der Waals surface area contributed by atoms with Crippen molar-refractivity contribution in [2.45, 2.75) is 37.1 Å². The molecule has 22 heavy (non-hydrogen) atoms. The fourth-order valence-corrected chi connectivity index (χ4v) is 3.44. The fourth-order valence-electron chi connectivity index (χ4n) is 2.65. The van der Waals surface area contributed by atoms with E-state index < -0.39 is 5.91 Å².